The molecule has 0 spiro atoms. The molecule has 0 bridgehead atoms. The summed E-state index contributed by atoms with van der Waals surface area (Å²) >= 11 is 0. The number of aliphatic hydroxyl groups excluding tert-OH is 1. The Bertz CT molecular complexity index is 622. The maximum absolute atomic E-state index is 10.5. The normalized spacial score (nSPS) is 37.0. The van der Waals surface area contributed by atoms with Crippen LogP contribution in [0.4, 0.5) is 0 Å². The molecule has 130 valence electrons. The van der Waals surface area contributed by atoms with E-state index in [-0.39, 0.29) is 6.04 Å². The average Bonchev–Trinajstić information content (AvgIpc) is 3.21. The molecule has 3 aliphatic heterocycles. The number of aliphatic hydroxyl groups is 1. The van der Waals surface area contributed by atoms with Crippen molar-refractivity contribution in [2.75, 3.05) is 6.54 Å². The van der Waals surface area contributed by atoms with Crippen LogP contribution in [0.1, 0.15) is 19.4 Å². The number of fused-ring (bicyclic) bond motifs is 1. The van der Waals surface area contributed by atoms with Gasteiger partial charge in [-0.15, -0.1) is 0 Å². The van der Waals surface area contributed by atoms with Gasteiger partial charge in [0.1, 0.15) is 18.3 Å². The molecule has 0 saturated carbocycles. The molecule has 0 radical (unpaired) electrons. The van der Waals surface area contributed by atoms with Crippen molar-refractivity contribution >= 4 is 5.96 Å². The van der Waals surface area contributed by atoms with Gasteiger partial charge in [0.25, 0.3) is 0 Å². The zero-order valence-corrected chi connectivity index (χ0v) is 13.8. The van der Waals surface area contributed by atoms with Crippen LogP contribution >= 0.6 is 0 Å². The lowest BCUT2D eigenvalue weighted by molar-refractivity contribution is -0.216. The van der Waals surface area contributed by atoms with Gasteiger partial charge in [-0.2, -0.15) is 0 Å². The van der Waals surface area contributed by atoms with Gasteiger partial charge in [-0.3, -0.25) is 0 Å². The molecule has 7 heteroatoms. The number of benzene rings is 1. The zero-order valence-electron chi connectivity index (χ0n) is 13.8. The molecule has 4 rings (SSSR count). The van der Waals surface area contributed by atoms with Crippen LogP contribution in [0.15, 0.2) is 35.3 Å². The van der Waals surface area contributed by atoms with Crippen LogP contribution in [-0.4, -0.2) is 54.0 Å². The number of hydrogen-bond acceptors (Lipinski definition) is 7. The Balaban J connectivity index is 1.36. The molecule has 0 aliphatic carbocycles. The molecule has 3 heterocycles. The highest BCUT2D eigenvalue weighted by Gasteiger charge is 2.56. The fourth-order valence-electron chi connectivity index (χ4n) is 3.37. The zero-order chi connectivity index (χ0) is 16.7. The third-order valence-electron chi connectivity index (χ3n) is 4.51. The van der Waals surface area contributed by atoms with Gasteiger partial charge in [0.15, 0.2) is 18.0 Å². The minimum Gasteiger partial charge on any atom is -0.387 e. The summed E-state index contributed by atoms with van der Waals surface area (Å²) in [5, 5.41) is 17.0. The van der Waals surface area contributed by atoms with Gasteiger partial charge < -0.3 is 30.0 Å². The topological polar surface area (TPSA) is 84.3 Å². The molecule has 2 fully saturated rings. The van der Waals surface area contributed by atoms with Gasteiger partial charge in [-0.25, -0.2) is 4.99 Å². The van der Waals surface area contributed by atoms with Gasteiger partial charge >= 0.3 is 0 Å². The molecule has 0 amide bonds. The van der Waals surface area contributed by atoms with E-state index in [0.717, 1.165) is 5.96 Å². The second-order valence-electron chi connectivity index (χ2n) is 6.82. The predicted octanol–water partition coefficient (Wildman–Crippen LogP) is 0.341. The predicted molar refractivity (Wildman–Crippen MR) is 87.2 cm³/mol. The Kier molecular flexibility index (Phi) is 3.96. The van der Waals surface area contributed by atoms with Crippen LogP contribution in [0.25, 0.3) is 0 Å². The van der Waals surface area contributed by atoms with Crippen LogP contribution in [0.2, 0.25) is 0 Å². The fraction of sp³-hybridized carbons (Fsp3) is 0.588. The lowest BCUT2D eigenvalue weighted by Gasteiger charge is -2.24. The standard InChI is InChI=1S/C17H23N3O4/c1-17(2)23-14-12(21)13(22-15(14)24-17)11-9-19-16(20-11)18-8-10-6-4-3-5-7-10/h3-7,11-15,21H,8-9H2,1-2H3,(H2,18,19,20)/t11-,12+,13-,14-,15-/m1/s1. The molecule has 5 atom stereocenters. The molecule has 2 saturated heterocycles. The van der Waals surface area contributed by atoms with Crippen molar-refractivity contribution in [1.29, 1.82) is 0 Å². The van der Waals surface area contributed by atoms with E-state index in [1.807, 2.05) is 32.0 Å². The third kappa shape index (κ3) is 3.00. The van der Waals surface area contributed by atoms with Crippen LogP contribution in [0.5, 0.6) is 0 Å². The summed E-state index contributed by atoms with van der Waals surface area (Å²) in [6.45, 7) is 4.94. The Labute approximate surface area is 141 Å². The largest absolute Gasteiger partial charge is 0.387 e. The minimum absolute atomic E-state index is 0.167. The van der Waals surface area contributed by atoms with Crippen LogP contribution < -0.4 is 10.6 Å². The summed E-state index contributed by atoms with van der Waals surface area (Å²) in [5.41, 5.74) is 1.18. The number of hydrogen-bond donors (Lipinski definition) is 3. The molecule has 1 aromatic rings. The monoisotopic (exact) mass is 333 g/mol. The quantitative estimate of drug-likeness (QED) is 0.740. The van der Waals surface area contributed by atoms with Crippen molar-refractivity contribution in [1.82, 2.24) is 10.6 Å². The SMILES string of the molecule is CC1(C)O[C@H]2O[C@H]([C@H]3CNC(NCc4ccccc4)=N3)[C@H](O)[C@H]2O1. The van der Waals surface area contributed by atoms with Gasteiger partial charge in [-0.05, 0) is 19.4 Å². The summed E-state index contributed by atoms with van der Waals surface area (Å²) in [4.78, 5) is 4.60. The van der Waals surface area contributed by atoms with E-state index in [9.17, 15) is 5.11 Å². The first kappa shape index (κ1) is 15.8. The Morgan fingerprint density at radius 2 is 2.04 bits per heavy atom. The summed E-state index contributed by atoms with van der Waals surface area (Å²) in [6, 6.07) is 9.95. The van der Waals surface area contributed by atoms with Crippen molar-refractivity contribution in [2.24, 2.45) is 4.99 Å². The average molecular weight is 333 g/mol. The highest BCUT2D eigenvalue weighted by Crippen LogP contribution is 2.38. The van der Waals surface area contributed by atoms with Gasteiger partial charge in [-0.1, -0.05) is 30.3 Å². The van der Waals surface area contributed by atoms with Crippen molar-refractivity contribution in [3.05, 3.63) is 35.9 Å². The number of guanidine groups is 1. The number of aliphatic imine (C=N–C) groups is 1. The number of nitrogens with zero attached hydrogens (tertiary/aromatic N) is 1. The van der Waals surface area contributed by atoms with E-state index in [2.05, 4.69) is 27.8 Å². The maximum atomic E-state index is 10.5. The molecule has 3 aliphatic rings. The molecule has 3 N–H and O–H groups in total. The second-order valence-corrected chi connectivity index (χ2v) is 6.82. The van der Waals surface area contributed by atoms with Crippen molar-refractivity contribution < 1.29 is 19.3 Å². The van der Waals surface area contributed by atoms with Crippen molar-refractivity contribution in [3.63, 3.8) is 0 Å². The van der Waals surface area contributed by atoms with Crippen molar-refractivity contribution in [3.8, 4) is 0 Å². The number of ether oxygens (including phenoxy) is 3. The first-order valence-electron chi connectivity index (χ1n) is 8.30. The van der Waals surface area contributed by atoms with Crippen LogP contribution in [0, 0.1) is 0 Å². The molecular weight excluding hydrogens is 310 g/mol. The summed E-state index contributed by atoms with van der Waals surface area (Å²) in [7, 11) is 0. The van der Waals surface area contributed by atoms with Gasteiger partial charge in [0.05, 0.1) is 6.04 Å². The summed E-state index contributed by atoms with van der Waals surface area (Å²) < 4.78 is 17.3. The first-order chi connectivity index (χ1) is 11.5. The fourth-order valence-corrected chi connectivity index (χ4v) is 3.37. The number of rotatable bonds is 3. The Morgan fingerprint density at radius 3 is 2.79 bits per heavy atom. The minimum atomic E-state index is -0.749. The highest BCUT2D eigenvalue weighted by molar-refractivity contribution is 5.81. The number of nitrogens with one attached hydrogen (secondary N) is 2. The lowest BCUT2D eigenvalue weighted by atomic mass is 10.0. The Hall–Kier alpha value is -1.67. The van der Waals surface area contributed by atoms with Crippen LogP contribution in [0.3, 0.4) is 0 Å². The van der Waals surface area contributed by atoms with E-state index in [0.29, 0.717) is 13.1 Å². The van der Waals surface area contributed by atoms with E-state index in [4.69, 9.17) is 14.2 Å². The van der Waals surface area contributed by atoms with E-state index in [1.165, 1.54) is 5.56 Å². The van der Waals surface area contributed by atoms with E-state index >= 15 is 0 Å². The molecule has 0 unspecified atom stereocenters. The maximum Gasteiger partial charge on any atom is 0.192 e. The van der Waals surface area contributed by atoms with Gasteiger partial charge in [0.2, 0.25) is 0 Å². The van der Waals surface area contributed by atoms with E-state index in [1.54, 1.807) is 0 Å². The van der Waals surface area contributed by atoms with Crippen molar-refractivity contribution in [2.45, 2.75) is 56.8 Å². The molecule has 0 aromatic heterocycles. The smallest absolute Gasteiger partial charge is 0.192 e. The van der Waals surface area contributed by atoms with E-state index < -0.39 is 30.4 Å². The molecule has 7 nitrogen and oxygen atoms in total. The molecule has 1 aromatic carbocycles. The highest BCUT2D eigenvalue weighted by atomic mass is 16.8. The third-order valence-corrected chi connectivity index (χ3v) is 4.51. The second kappa shape index (κ2) is 6.00. The lowest BCUT2D eigenvalue weighted by Crippen LogP contribution is -2.42. The first-order valence-corrected chi connectivity index (χ1v) is 8.30. The summed E-state index contributed by atoms with van der Waals surface area (Å²) in [5.74, 6) is -0.000168. The molecule has 24 heavy (non-hydrogen) atoms. The van der Waals surface area contributed by atoms with Crippen LogP contribution in [-0.2, 0) is 20.8 Å². The van der Waals surface area contributed by atoms with Gasteiger partial charge in [0, 0.05) is 13.1 Å². The molecular formula is C17H23N3O4. The Morgan fingerprint density at radius 1 is 1.25 bits per heavy atom. The summed E-state index contributed by atoms with van der Waals surface area (Å²) in [6.07, 6.45) is -2.17.